The molecule has 0 saturated carbocycles. The quantitative estimate of drug-likeness (QED) is 0.627. The maximum atomic E-state index is 10.9. The normalized spacial score (nSPS) is 18.3. The summed E-state index contributed by atoms with van der Waals surface area (Å²) < 4.78 is 0. The molecule has 0 aliphatic carbocycles. The first kappa shape index (κ1) is 10.7. The van der Waals surface area contributed by atoms with E-state index in [0.29, 0.717) is 0 Å². The Morgan fingerprint density at radius 1 is 1.44 bits per heavy atom. The Labute approximate surface area is 94.1 Å². The van der Waals surface area contributed by atoms with Crippen molar-refractivity contribution in [2.24, 2.45) is 0 Å². The fourth-order valence-electron chi connectivity index (χ4n) is 1.96. The standard InChI is InChI=1S/C12H14N2O2/c1-2-5-11-12(14(15)16)8-9-6-3-4-7-10(9)13-11/h3-4,6-8,11,13H,2,5H2,1H3/t11-/m0/s1. The summed E-state index contributed by atoms with van der Waals surface area (Å²) in [6, 6.07) is 7.48. The lowest BCUT2D eigenvalue weighted by Gasteiger charge is -2.22. The smallest absolute Gasteiger partial charge is 0.268 e. The lowest BCUT2D eigenvalue weighted by atomic mass is 10.00. The molecule has 1 aromatic carbocycles. The lowest BCUT2D eigenvalue weighted by molar-refractivity contribution is -0.427. The van der Waals surface area contributed by atoms with E-state index in [1.807, 2.05) is 31.2 Å². The molecular weight excluding hydrogens is 204 g/mol. The van der Waals surface area contributed by atoms with Crippen LogP contribution in [0, 0.1) is 10.1 Å². The van der Waals surface area contributed by atoms with E-state index in [0.717, 1.165) is 24.1 Å². The van der Waals surface area contributed by atoms with Crippen molar-refractivity contribution < 1.29 is 4.92 Å². The highest BCUT2D eigenvalue weighted by molar-refractivity contribution is 5.72. The minimum Gasteiger partial charge on any atom is -0.372 e. The highest BCUT2D eigenvalue weighted by atomic mass is 16.6. The molecule has 84 valence electrons. The van der Waals surface area contributed by atoms with Crippen molar-refractivity contribution in [3.63, 3.8) is 0 Å². The topological polar surface area (TPSA) is 55.2 Å². The zero-order valence-electron chi connectivity index (χ0n) is 9.14. The van der Waals surface area contributed by atoms with Gasteiger partial charge in [0.15, 0.2) is 0 Å². The molecule has 16 heavy (non-hydrogen) atoms. The summed E-state index contributed by atoms with van der Waals surface area (Å²) in [6.45, 7) is 2.03. The molecule has 0 unspecified atom stereocenters. The minimum absolute atomic E-state index is 0.171. The number of fused-ring (bicyclic) bond motifs is 1. The molecule has 0 radical (unpaired) electrons. The Hall–Kier alpha value is -1.84. The summed E-state index contributed by atoms with van der Waals surface area (Å²) in [5, 5.41) is 14.2. The summed E-state index contributed by atoms with van der Waals surface area (Å²) in [5.74, 6) is 0. The number of nitrogens with zero attached hydrogens (tertiary/aromatic N) is 1. The lowest BCUT2D eigenvalue weighted by Crippen LogP contribution is -2.28. The Kier molecular flexibility index (Phi) is 2.90. The van der Waals surface area contributed by atoms with E-state index < -0.39 is 0 Å². The number of rotatable bonds is 3. The van der Waals surface area contributed by atoms with Crippen molar-refractivity contribution in [3.05, 3.63) is 45.6 Å². The average molecular weight is 218 g/mol. The molecule has 0 amide bonds. The van der Waals surface area contributed by atoms with E-state index in [4.69, 9.17) is 0 Å². The van der Waals surface area contributed by atoms with Crippen LogP contribution in [0.5, 0.6) is 0 Å². The molecular formula is C12H14N2O2. The van der Waals surface area contributed by atoms with Gasteiger partial charge in [-0.25, -0.2) is 0 Å². The third-order valence-electron chi connectivity index (χ3n) is 2.74. The van der Waals surface area contributed by atoms with Crippen LogP contribution in [0.2, 0.25) is 0 Å². The van der Waals surface area contributed by atoms with Crippen LogP contribution >= 0.6 is 0 Å². The maximum Gasteiger partial charge on any atom is 0.268 e. The van der Waals surface area contributed by atoms with E-state index in [2.05, 4.69) is 5.32 Å². The first-order chi connectivity index (χ1) is 7.72. The van der Waals surface area contributed by atoms with Crippen LogP contribution < -0.4 is 5.32 Å². The van der Waals surface area contributed by atoms with Gasteiger partial charge < -0.3 is 5.32 Å². The predicted octanol–water partition coefficient (Wildman–Crippen LogP) is 2.90. The number of hydrogen-bond donors (Lipinski definition) is 1. The number of hydrogen-bond acceptors (Lipinski definition) is 3. The first-order valence-electron chi connectivity index (χ1n) is 5.44. The summed E-state index contributed by atoms with van der Waals surface area (Å²) in [5.41, 5.74) is 2.13. The van der Waals surface area contributed by atoms with Crippen molar-refractivity contribution >= 4 is 11.8 Å². The van der Waals surface area contributed by atoms with Gasteiger partial charge >= 0.3 is 0 Å². The van der Waals surface area contributed by atoms with E-state index in [1.165, 1.54) is 0 Å². The molecule has 4 nitrogen and oxygen atoms in total. The van der Waals surface area contributed by atoms with Crippen molar-refractivity contribution in [2.75, 3.05) is 5.32 Å². The zero-order valence-corrected chi connectivity index (χ0v) is 9.14. The molecule has 1 aromatic rings. The number of para-hydroxylation sites is 1. The summed E-state index contributed by atoms with van der Waals surface area (Å²) in [6.07, 6.45) is 3.37. The Morgan fingerprint density at radius 3 is 2.88 bits per heavy atom. The van der Waals surface area contributed by atoms with E-state index in [9.17, 15) is 10.1 Å². The summed E-state index contributed by atoms with van der Waals surface area (Å²) >= 11 is 0. The van der Waals surface area contributed by atoms with Gasteiger partial charge in [-0.2, -0.15) is 0 Å². The molecule has 1 heterocycles. The first-order valence-corrected chi connectivity index (χ1v) is 5.44. The molecule has 0 bridgehead atoms. The van der Waals surface area contributed by atoms with Crippen molar-refractivity contribution in [3.8, 4) is 0 Å². The molecule has 0 fully saturated rings. The largest absolute Gasteiger partial charge is 0.372 e. The molecule has 4 heteroatoms. The number of nitro groups is 1. The van der Waals surface area contributed by atoms with Crippen LogP contribution in [0.1, 0.15) is 25.3 Å². The van der Waals surface area contributed by atoms with Crippen molar-refractivity contribution in [1.29, 1.82) is 0 Å². The molecule has 0 aromatic heterocycles. The van der Waals surface area contributed by atoms with Crippen molar-refractivity contribution in [1.82, 2.24) is 0 Å². The highest BCUT2D eigenvalue weighted by Crippen LogP contribution is 2.28. The van der Waals surface area contributed by atoms with Crippen molar-refractivity contribution in [2.45, 2.75) is 25.8 Å². The molecule has 1 aliphatic heterocycles. The molecule has 1 N–H and O–H groups in total. The van der Waals surface area contributed by atoms with Gasteiger partial charge in [-0.15, -0.1) is 0 Å². The predicted molar refractivity (Wildman–Crippen MR) is 63.7 cm³/mol. The van der Waals surface area contributed by atoms with Gasteiger partial charge in [0.1, 0.15) is 6.04 Å². The van der Waals surface area contributed by atoms with Gasteiger partial charge in [-0.3, -0.25) is 10.1 Å². The van der Waals surface area contributed by atoms with Crippen LogP contribution in [0.25, 0.3) is 6.08 Å². The number of benzene rings is 1. The molecule has 1 aliphatic rings. The summed E-state index contributed by atoms with van der Waals surface area (Å²) in [4.78, 5) is 10.7. The van der Waals surface area contributed by atoms with Gasteiger partial charge in [0.25, 0.3) is 5.70 Å². The number of nitrogens with one attached hydrogen (secondary N) is 1. The fourth-order valence-corrected chi connectivity index (χ4v) is 1.96. The molecule has 0 saturated heterocycles. The molecule has 1 atom stereocenters. The second-order valence-electron chi connectivity index (χ2n) is 3.90. The number of anilines is 1. The zero-order chi connectivity index (χ0) is 11.5. The summed E-state index contributed by atoms with van der Waals surface area (Å²) in [7, 11) is 0. The average Bonchev–Trinajstić information content (AvgIpc) is 2.28. The van der Waals surface area contributed by atoms with E-state index >= 15 is 0 Å². The van der Waals surface area contributed by atoms with Crippen LogP contribution in [0.15, 0.2) is 30.0 Å². The monoisotopic (exact) mass is 218 g/mol. The van der Waals surface area contributed by atoms with Gasteiger partial charge in [0, 0.05) is 17.3 Å². The van der Waals surface area contributed by atoms with Gasteiger partial charge in [-0.1, -0.05) is 31.5 Å². The Balaban J connectivity index is 2.39. The van der Waals surface area contributed by atoms with Crippen LogP contribution in [0.4, 0.5) is 5.69 Å². The minimum atomic E-state index is -0.288. The van der Waals surface area contributed by atoms with Gasteiger partial charge in [0.05, 0.1) is 4.92 Å². The Bertz CT molecular complexity index is 440. The third kappa shape index (κ3) is 1.91. The van der Waals surface area contributed by atoms with Gasteiger partial charge in [0.2, 0.25) is 0 Å². The van der Waals surface area contributed by atoms with Crippen LogP contribution in [-0.2, 0) is 0 Å². The maximum absolute atomic E-state index is 10.9. The molecule has 2 rings (SSSR count). The van der Waals surface area contributed by atoms with Crippen LogP contribution in [0.3, 0.4) is 0 Å². The fraction of sp³-hybridized carbons (Fsp3) is 0.333. The van der Waals surface area contributed by atoms with E-state index in [1.54, 1.807) is 6.08 Å². The van der Waals surface area contributed by atoms with Gasteiger partial charge in [-0.05, 0) is 12.5 Å². The third-order valence-corrected chi connectivity index (χ3v) is 2.74. The second kappa shape index (κ2) is 4.35. The van der Waals surface area contributed by atoms with E-state index in [-0.39, 0.29) is 16.7 Å². The highest BCUT2D eigenvalue weighted by Gasteiger charge is 2.28. The second-order valence-corrected chi connectivity index (χ2v) is 3.90. The van der Waals surface area contributed by atoms with Crippen LogP contribution in [-0.4, -0.2) is 11.0 Å². The Morgan fingerprint density at radius 2 is 2.19 bits per heavy atom. The SMILES string of the molecule is CCC[C@@H]1Nc2ccccc2C=C1[N+](=O)[O-]. The molecule has 0 spiro atoms.